The molecule has 1 unspecified atom stereocenters. The number of hydrogen-bond donors (Lipinski definition) is 1. The van der Waals surface area contributed by atoms with Gasteiger partial charge in [0, 0.05) is 11.0 Å². The van der Waals surface area contributed by atoms with E-state index in [1.54, 1.807) is 0 Å². The van der Waals surface area contributed by atoms with E-state index < -0.39 is 8.25 Å². The first kappa shape index (κ1) is 12.7. The minimum Gasteiger partial charge on any atom is -0.297 e. The summed E-state index contributed by atoms with van der Waals surface area (Å²) >= 11 is 0. The van der Waals surface area contributed by atoms with Crippen molar-refractivity contribution in [2.45, 2.75) is 39.0 Å². The fraction of sp³-hybridized carbons (Fsp3) is 0.875. The van der Waals surface area contributed by atoms with Gasteiger partial charge in [-0.15, -0.1) is 9.42 Å². The van der Waals surface area contributed by atoms with Gasteiger partial charge in [-0.1, -0.05) is 26.2 Å². The summed E-state index contributed by atoms with van der Waals surface area (Å²) in [7, 11) is -2.63. The minimum absolute atomic E-state index is 0.103. The Balaban J connectivity index is 3.25. The maximum Gasteiger partial charge on any atom is 0.695 e. The third-order valence-electron chi connectivity index (χ3n) is 1.65. The molecule has 0 radical (unpaired) electrons. The van der Waals surface area contributed by atoms with E-state index in [1.807, 2.05) is 0 Å². The highest BCUT2D eigenvalue weighted by Gasteiger charge is 2.14. The zero-order valence-corrected chi connectivity index (χ0v) is 8.76. The zero-order chi connectivity index (χ0) is 10.1. The molecule has 0 aromatic heterocycles. The number of carbonyl (C=O) groups excluding carboxylic acids is 1. The van der Waals surface area contributed by atoms with Crippen molar-refractivity contribution in [2.75, 3.05) is 6.61 Å². The lowest BCUT2D eigenvalue weighted by molar-refractivity contribution is -0.121. The van der Waals surface area contributed by atoms with E-state index in [0.717, 1.165) is 25.7 Å². The van der Waals surface area contributed by atoms with Crippen LogP contribution in [0.15, 0.2) is 0 Å². The van der Waals surface area contributed by atoms with E-state index in [1.165, 1.54) is 0 Å². The molecule has 0 fully saturated rings. The molecule has 0 aliphatic heterocycles. The molecule has 5 heteroatoms. The molecule has 0 aromatic carbocycles. The summed E-state index contributed by atoms with van der Waals surface area (Å²) in [4.78, 5) is 19.2. The Labute approximate surface area is 79.2 Å². The third-order valence-corrected chi connectivity index (χ3v) is 2.00. The normalized spacial score (nSPS) is 11.4. The van der Waals surface area contributed by atoms with Crippen molar-refractivity contribution < 1.29 is 18.8 Å². The topological polar surface area (TPSA) is 63.6 Å². The molecule has 0 amide bonds. The van der Waals surface area contributed by atoms with Gasteiger partial charge in [0.05, 0.1) is 0 Å². The van der Waals surface area contributed by atoms with Gasteiger partial charge in [0.15, 0.2) is 12.4 Å². The van der Waals surface area contributed by atoms with Crippen LogP contribution in [-0.2, 0) is 13.9 Å². The summed E-state index contributed by atoms with van der Waals surface area (Å²) in [5.41, 5.74) is 0. The average Bonchev–Trinajstić information content (AvgIpc) is 2.09. The van der Waals surface area contributed by atoms with E-state index >= 15 is 0 Å². The molecule has 0 aliphatic carbocycles. The standard InChI is InChI=1S/C8H15O4P/c1-2-3-4-5-6-8(9)7-12-13(10)11/h2-7H2,1H3/p+1. The van der Waals surface area contributed by atoms with Gasteiger partial charge < -0.3 is 0 Å². The summed E-state index contributed by atoms with van der Waals surface area (Å²) in [6.07, 6.45) is 4.59. The summed E-state index contributed by atoms with van der Waals surface area (Å²) in [6.45, 7) is 1.86. The second kappa shape index (κ2) is 8.30. The van der Waals surface area contributed by atoms with Gasteiger partial charge in [-0.25, -0.2) is 0 Å². The molecule has 1 atom stereocenters. The van der Waals surface area contributed by atoms with Crippen molar-refractivity contribution in [1.29, 1.82) is 0 Å². The predicted octanol–water partition coefficient (Wildman–Crippen LogP) is 2.19. The van der Waals surface area contributed by atoms with E-state index in [0.29, 0.717) is 6.42 Å². The number of rotatable bonds is 8. The quantitative estimate of drug-likeness (QED) is 0.489. The van der Waals surface area contributed by atoms with E-state index in [9.17, 15) is 9.36 Å². The molecular formula is C8H16O4P+. The van der Waals surface area contributed by atoms with Gasteiger partial charge in [0.2, 0.25) is 0 Å². The number of unbranched alkanes of at least 4 members (excludes halogenated alkanes) is 3. The Kier molecular flexibility index (Phi) is 8.10. The SMILES string of the molecule is CCCCCCC(=O)CO[P+](=O)O. The van der Waals surface area contributed by atoms with E-state index in [-0.39, 0.29) is 12.4 Å². The summed E-state index contributed by atoms with van der Waals surface area (Å²) < 4.78 is 14.3. The van der Waals surface area contributed by atoms with E-state index in [4.69, 9.17) is 4.89 Å². The first-order valence-corrected chi connectivity index (χ1v) is 5.60. The largest absolute Gasteiger partial charge is 0.695 e. The molecule has 0 aliphatic rings. The zero-order valence-electron chi connectivity index (χ0n) is 7.86. The molecule has 0 heterocycles. The molecule has 0 saturated carbocycles. The summed E-state index contributed by atoms with van der Waals surface area (Å²) in [5.74, 6) is -0.103. The van der Waals surface area contributed by atoms with Crippen molar-refractivity contribution in [3.8, 4) is 0 Å². The van der Waals surface area contributed by atoms with Crippen LogP contribution in [0.2, 0.25) is 0 Å². The molecule has 0 rings (SSSR count). The molecule has 0 spiro atoms. The van der Waals surface area contributed by atoms with Gasteiger partial charge in [-0.2, -0.15) is 0 Å². The molecule has 76 valence electrons. The van der Waals surface area contributed by atoms with Crippen LogP contribution in [0, 0.1) is 0 Å². The van der Waals surface area contributed by atoms with Crippen LogP contribution in [0.25, 0.3) is 0 Å². The molecule has 1 N–H and O–H groups in total. The lowest BCUT2D eigenvalue weighted by atomic mass is 10.1. The van der Waals surface area contributed by atoms with Crippen LogP contribution in [-0.4, -0.2) is 17.3 Å². The Morgan fingerprint density at radius 2 is 2.08 bits per heavy atom. The average molecular weight is 207 g/mol. The molecule has 13 heavy (non-hydrogen) atoms. The Bertz CT molecular complexity index is 170. The Hall–Kier alpha value is -0.310. The maximum atomic E-state index is 10.9. The molecule has 0 saturated heterocycles. The van der Waals surface area contributed by atoms with Crippen molar-refractivity contribution >= 4 is 14.0 Å². The molecular weight excluding hydrogens is 191 g/mol. The fourth-order valence-corrected chi connectivity index (χ4v) is 1.20. The van der Waals surface area contributed by atoms with Crippen LogP contribution in [0.3, 0.4) is 0 Å². The minimum atomic E-state index is -2.63. The van der Waals surface area contributed by atoms with E-state index in [2.05, 4.69) is 11.4 Å². The lowest BCUT2D eigenvalue weighted by Crippen LogP contribution is -2.04. The van der Waals surface area contributed by atoms with Crippen LogP contribution >= 0.6 is 8.25 Å². The number of carbonyl (C=O) groups is 1. The molecule has 0 aromatic rings. The monoisotopic (exact) mass is 207 g/mol. The van der Waals surface area contributed by atoms with Gasteiger partial charge in [-0.05, 0) is 6.42 Å². The first-order valence-electron chi connectivity index (χ1n) is 4.47. The summed E-state index contributed by atoms with van der Waals surface area (Å²) in [5, 5.41) is 0. The third kappa shape index (κ3) is 9.61. The second-order valence-corrected chi connectivity index (χ2v) is 3.59. The van der Waals surface area contributed by atoms with Gasteiger partial charge >= 0.3 is 8.25 Å². The van der Waals surface area contributed by atoms with Crippen molar-refractivity contribution in [3.63, 3.8) is 0 Å². The fourth-order valence-electron chi connectivity index (χ4n) is 0.948. The Morgan fingerprint density at radius 3 is 2.62 bits per heavy atom. The van der Waals surface area contributed by atoms with Gasteiger partial charge in [-0.3, -0.25) is 4.79 Å². The van der Waals surface area contributed by atoms with Gasteiger partial charge in [0.1, 0.15) is 0 Å². The lowest BCUT2D eigenvalue weighted by Gasteiger charge is -1.96. The second-order valence-electron chi connectivity index (χ2n) is 2.86. The predicted molar refractivity (Wildman–Crippen MR) is 49.5 cm³/mol. The highest BCUT2D eigenvalue weighted by molar-refractivity contribution is 7.32. The van der Waals surface area contributed by atoms with Gasteiger partial charge in [0.25, 0.3) is 0 Å². The molecule has 4 nitrogen and oxygen atoms in total. The number of hydrogen-bond acceptors (Lipinski definition) is 3. The molecule has 0 bridgehead atoms. The van der Waals surface area contributed by atoms with Crippen molar-refractivity contribution in [2.24, 2.45) is 0 Å². The van der Waals surface area contributed by atoms with Crippen LogP contribution in [0.4, 0.5) is 0 Å². The van der Waals surface area contributed by atoms with Crippen molar-refractivity contribution in [1.82, 2.24) is 0 Å². The summed E-state index contributed by atoms with van der Waals surface area (Å²) in [6, 6.07) is 0. The van der Waals surface area contributed by atoms with Crippen LogP contribution < -0.4 is 0 Å². The maximum absolute atomic E-state index is 10.9. The highest BCUT2D eigenvalue weighted by Crippen LogP contribution is 2.14. The van der Waals surface area contributed by atoms with Crippen LogP contribution in [0.1, 0.15) is 39.0 Å². The first-order chi connectivity index (χ1) is 6.16. The number of ketones is 1. The van der Waals surface area contributed by atoms with Crippen molar-refractivity contribution in [3.05, 3.63) is 0 Å². The number of Topliss-reactive ketones (excluding diaryl/α,β-unsaturated/α-hetero) is 1. The Morgan fingerprint density at radius 1 is 1.38 bits per heavy atom. The smallest absolute Gasteiger partial charge is 0.297 e. The highest BCUT2D eigenvalue weighted by atomic mass is 31.1. The van der Waals surface area contributed by atoms with Crippen LogP contribution in [0.5, 0.6) is 0 Å².